The number of nitrogens with two attached hydrogens (primary N) is 1. The molecule has 0 aliphatic heterocycles. The zero-order valence-electron chi connectivity index (χ0n) is 12.3. The largest absolute Gasteiger partial charge is 0.352 e. The standard InChI is InChI=1S/C13H27N3O2/c1-7(2)9(5)15-12(17)10(6)16-13(18)11(14)8(3)4/h7-11H,14H2,1-6H3,(H,15,17)(H,16,18)/t9?,10-,11-/m0/s1. The Hall–Kier alpha value is -1.10. The molecule has 0 spiro atoms. The van der Waals surface area contributed by atoms with Crippen molar-refractivity contribution in [3.8, 4) is 0 Å². The van der Waals surface area contributed by atoms with Crippen LogP contribution in [-0.4, -0.2) is 29.9 Å². The Morgan fingerprint density at radius 3 is 1.72 bits per heavy atom. The van der Waals surface area contributed by atoms with E-state index in [1.165, 1.54) is 0 Å². The van der Waals surface area contributed by atoms with E-state index in [0.29, 0.717) is 5.92 Å². The lowest BCUT2D eigenvalue weighted by molar-refractivity contribution is -0.130. The SMILES string of the molecule is CC(C)C(C)NC(=O)[C@H](C)NC(=O)[C@@H](N)C(C)C. The molecule has 0 saturated heterocycles. The monoisotopic (exact) mass is 257 g/mol. The van der Waals surface area contributed by atoms with Crippen LogP contribution in [-0.2, 0) is 9.59 Å². The molecule has 18 heavy (non-hydrogen) atoms. The first kappa shape index (κ1) is 16.9. The molecule has 0 aromatic carbocycles. The zero-order chi connectivity index (χ0) is 14.5. The van der Waals surface area contributed by atoms with Crippen LogP contribution >= 0.6 is 0 Å². The maximum atomic E-state index is 11.8. The Bertz CT molecular complexity index is 290. The van der Waals surface area contributed by atoms with Crippen molar-refractivity contribution in [3.63, 3.8) is 0 Å². The van der Waals surface area contributed by atoms with Crippen molar-refractivity contribution in [1.82, 2.24) is 10.6 Å². The van der Waals surface area contributed by atoms with Gasteiger partial charge < -0.3 is 16.4 Å². The van der Waals surface area contributed by atoms with Crippen molar-refractivity contribution in [2.75, 3.05) is 0 Å². The summed E-state index contributed by atoms with van der Waals surface area (Å²) in [5, 5.41) is 5.49. The second-order valence-electron chi connectivity index (χ2n) is 5.54. The van der Waals surface area contributed by atoms with E-state index in [1.54, 1.807) is 6.92 Å². The highest BCUT2D eigenvalue weighted by atomic mass is 16.2. The molecular weight excluding hydrogens is 230 g/mol. The molecule has 0 saturated carbocycles. The molecule has 0 aliphatic rings. The summed E-state index contributed by atoms with van der Waals surface area (Å²) in [6.45, 7) is 11.4. The number of nitrogens with one attached hydrogen (secondary N) is 2. The van der Waals surface area contributed by atoms with Gasteiger partial charge in [0.15, 0.2) is 0 Å². The second-order valence-corrected chi connectivity index (χ2v) is 5.54. The van der Waals surface area contributed by atoms with Crippen molar-refractivity contribution in [1.29, 1.82) is 0 Å². The van der Waals surface area contributed by atoms with E-state index in [0.717, 1.165) is 0 Å². The van der Waals surface area contributed by atoms with Crippen molar-refractivity contribution in [3.05, 3.63) is 0 Å². The van der Waals surface area contributed by atoms with Crippen LogP contribution in [0.2, 0.25) is 0 Å². The number of carbonyl (C=O) groups excluding carboxylic acids is 2. The summed E-state index contributed by atoms with van der Waals surface area (Å²) in [7, 11) is 0. The fraction of sp³-hybridized carbons (Fsp3) is 0.846. The number of rotatable bonds is 6. The van der Waals surface area contributed by atoms with Crippen molar-refractivity contribution >= 4 is 11.8 Å². The van der Waals surface area contributed by atoms with Gasteiger partial charge in [0.05, 0.1) is 6.04 Å². The van der Waals surface area contributed by atoms with Crippen LogP contribution < -0.4 is 16.4 Å². The minimum atomic E-state index is -0.581. The molecule has 0 aromatic rings. The van der Waals surface area contributed by atoms with Crippen LogP contribution in [0.15, 0.2) is 0 Å². The lowest BCUT2D eigenvalue weighted by Crippen LogP contribution is -2.53. The molecule has 1 unspecified atom stereocenters. The average Bonchev–Trinajstić information content (AvgIpc) is 2.26. The first-order valence-electron chi connectivity index (χ1n) is 6.53. The smallest absolute Gasteiger partial charge is 0.242 e. The molecule has 5 heteroatoms. The number of hydrogen-bond donors (Lipinski definition) is 3. The Morgan fingerprint density at radius 1 is 0.833 bits per heavy atom. The molecule has 0 heterocycles. The van der Waals surface area contributed by atoms with Crippen molar-refractivity contribution in [2.24, 2.45) is 17.6 Å². The molecule has 0 rings (SSSR count). The van der Waals surface area contributed by atoms with Gasteiger partial charge in [-0.3, -0.25) is 9.59 Å². The Kier molecular flexibility index (Phi) is 6.91. The molecule has 3 atom stereocenters. The Morgan fingerprint density at radius 2 is 1.33 bits per heavy atom. The van der Waals surface area contributed by atoms with Crippen LogP contribution in [0.5, 0.6) is 0 Å². The normalized spacial score (nSPS) is 16.3. The number of hydrogen-bond acceptors (Lipinski definition) is 3. The highest BCUT2D eigenvalue weighted by molar-refractivity contribution is 5.89. The summed E-state index contributed by atoms with van der Waals surface area (Å²) in [4.78, 5) is 23.5. The highest BCUT2D eigenvalue weighted by Gasteiger charge is 2.23. The third-order valence-corrected chi connectivity index (χ3v) is 3.14. The minimum absolute atomic E-state index is 0.0508. The van der Waals surface area contributed by atoms with Gasteiger partial charge in [-0.15, -0.1) is 0 Å². The lowest BCUT2D eigenvalue weighted by atomic mass is 10.0. The van der Waals surface area contributed by atoms with Gasteiger partial charge in [0.2, 0.25) is 11.8 Å². The average molecular weight is 257 g/mol. The molecule has 0 aliphatic carbocycles. The summed E-state index contributed by atoms with van der Waals surface area (Å²) in [6, 6.07) is -1.07. The van der Waals surface area contributed by atoms with Gasteiger partial charge in [-0.2, -0.15) is 0 Å². The van der Waals surface area contributed by atoms with Crippen LogP contribution in [0.1, 0.15) is 41.5 Å². The molecule has 0 aromatic heterocycles. The van der Waals surface area contributed by atoms with E-state index in [4.69, 9.17) is 5.73 Å². The van der Waals surface area contributed by atoms with Crippen LogP contribution in [0, 0.1) is 11.8 Å². The van der Waals surface area contributed by atoms with Crippen LogP contribution in [0.3, 0.4) is 0 Å². The predicted molar refractivity (Wildman–Crippen MR) is 72.9 cm³/mol. The third-order valence-electron chi connectivity index (χ3n) is 3.14. The summed E-state index contributed by atoms with van der Waals surface area (Å²) in [6.07, 6.45) is 0. The lowest BCUT2D eigenvalue weighted by Gasteiger charge is -2.22. The van der Waals surface area contributed by atoms with Crippen LogP contribution in [0.4, 0.5) is 0 Å². The topological polar surface area (TPSA) is 84.2 Å². The van der Waals surface area contributed by atoms with Crippen LogP contribution in [0.25, 0.3) is 0 Å². The van der Waals surface area contributed by atoms with Gasteiger partial charge >= 0.3 is 0 Å². The van der Waals surface area contributed by atoms with Crippen molar-refractivity contribution in [2.45, 2.75) is 59.7 Å². The van der Waals surface area contributed by atoms with Gasteiger partial charge in [0, 0.05) is 6.04 Å². The minimum Gasteiger partial charge on any atom is -0.352 e. The Balaban J connectivity index is 4.28. The van der Waals surface area contributed by atoms with E-state index in [2.05, 4.69) is 10.6 Å². The fourth-order valence-electron chi connectivity index (χ4n) is 1.19. The molecule has 0 radical (unpaired) electrons. The summed E-state index contributed by atoms with van der Waals surface area (Å²) in [5.74, 6) is -0.0602. The summed E-state index contributed by atoms with van der Waals surface area (Å²) in [5.41, 5.74) is 5.71. The molecule has 0 fully saturated rings. The maximum Gasteiger partial charge on any atom is 0.242 e. The van der Waals surface area contributed by atoms with E-state index < -0.39 is 12.1 Å². The highest BCUT2D eigenvalue weighted by Crippen LogP contribution is 2.01. The quantitative estimate of drug-likeness (QED) is 0.652. The van der Waals surface area contributed by atoms with Gasteiger partial charge in [-0.05, 0) is 25.7 Å². The molecular formula is C13H27N3O2. The van der Waals surface area contributed by atoms with Crippen molar-refractivity contribution < 1.29 is 9.59 Å². The van der Waals surface area contributed by atoms with Gasteiger partial charge in [0.1, 0.15) is 6.04 Å². The predicted octanol–water partition coefficient (Wildman–Crippen LogP) is 0.635. The first-order chi connectivity index (χ1) is 8.16. The van der Waals surface area contributed by atoms with E-state index in [1.807, 2.05) is 34.6 Å². The zero-order valence-corrected chi connectivity index (χ0v) is 12.3. The first-order valence-corrected chi connectivity index (χ1v) is 6.53. The summed E-state index contributed by atoms with van der Waals surface area (Å²) < 4.78 is 0. The molecule has 0 bridgehead atoms. The second kappa shape index (κ2) is 7.36. The maximum absolute atomic E-state index is 11.8. The molecule has 4 N–H and O–H groups in total. The molecule has 2 amide bonds. The van der Waals surface area contributed by atoms with Gasteiger partial charge in [-0.25, -0.2) is 0 Å². The Labute approximate surface area is 110 Å². The van der Waals surface area contributed by atoms with E-state index in [-0.39, 0.29) is 23.8 Å². The van der Waals surface area contributed by atoms with E-state index in [9.17, 15) is 9.59 Å². The molecule has 106 valence electrons. The number of carbonyl (C=O) groups is 2. The summed E-state index contributed by atoms with van der Waals surface area (Å²) >= 11 is 0. The number of amides is 2. The van der Waals surface area contributed by atoms with Gasteiger partial charge in [0.25, 0.3) is 0 Å². The van der Waals surface area contributed by atoms with Gasteiger partial charge in [-0.1, -0.05) is 27.7 Å². The fourth-order valence-corrected chi connectivity index (χ4v) is 1.19. The molecule has 5 nitrogen and oxygen atoms in total. The third kappa shape index (κ3) is 5.49. The van der Waals surface area contributed by atoms with E-state index >= 15 is 0 Å².